The van der Waals surface area contributed by atoms with E-state index in [1.54, 1.807) is 6.08 Å². The monoisotopic (exact) mass is 247 g/mol. The Balaban J connectivity index is 2.45. The van der Waals surface area contributed by atoms with Crippen LogP contribution in [0.1, 0.15) is 31.4 Å². The highest BCUT2D eigenvalue weighted by Gasteiger charge is 2.01. The lowest BCUT2D eigenvalue weighted by atomic mass is 10.1. The zero-order valence-corrected chi connectivity index (χ0v) is 11.0. The number of nitrogens with one attached hydrogen (secondary N) is 1. The van der Waals surface area contributed by atoms with E-state index in [0.29, 0.717) is 13.0 Å². The van der Waals surface area contributed by atoms with Crippen molar-refractivity contribution < 1.29 is 9.90 Å². The van der Waals surface area contributed by atoms with Crippen molar-refractivity contribution in [1.29, 1.82) is 0 Å². The second-order valence-electron chi connectivity index (χ2n) is 4.24. The number of aryl methyl sites for hydroxylation is 1. The second-order valence-corrected chi connectivity index (χ2v) is 4.24. The Bertz CT molecular complexity index is 395. The maximum Gasteiger partial charge on any atom is 0.244 e. The van der Waals surface area contributed by atoms with Gasteiger partial charge in [-0.2, -0.15) is 0 Å². The molecule has 1 atom stereocenters. The Morgan fingerprint density at radius 3 is 2.56 bits per heavy atom. The third-order valence-corrected chi connectivity index (χ3v) is 2.80. The van der Waals surface area contributed by atoms with Gasteiger partial charge in [-0.1, -0.05) is 38.1 Å². The first-order valence-corrected chi connectivity index (χ1v) is 6.38. The topological polar surface area (TPSA) is 49.3 Å². The van der Waals surface area contributed by atoms with Gasteiger partial charge in [0.15, 0.2) is 0 Å². The summed E-state index contributed by atoms with van der Waals surface area (Å²) in [4.78, 5) is 11.5. The van der Waals surface area contributed by atoms with Gasteiger partial charge in [0.1, 0.15) is 0 Å². The Morgan fingerprint density at radius 2 is 2.00 bits per heavy atom. The van der Waals surface area contributed by atoms with Gasteiger partial charge in [0.05, 0.1) is 6.10 Å². The molecule has 0 saturated carbocycles. The Kier molecular flexibility index (Phi) is 6.15. The third kappa shape index (κ3) is 5.15. The van der Waals surface area contributed by atoms with E-state index in [0.717, 1.165) is 12.0 Å². The molecule has 0 aliphatic carbocycles. The van der Waals surface area contributed by atoms with Gasteiger partial charge in [-0.25, -0.2) is 0 Å². The van der Waals surface area contributed by atoms with Gasteiger partial charge < -0.3 is 10.4 Å². The summed E-state index contributed by atoms with van der Waals surface area (Å²) >= 11 is 0. The summed E-state index contributed by atoms with van der Waals surface area (Å²) in [7, 11) is 0. The summed E-state index contributed by atoms with van der Waals surface area (Å²) in [6.07, 6.45) is 4.45. The molecule has 0 aliphatic rings. The molecule has 0 heterocycles. The molecule has 0 spiro atoms. The van der Waals surface area contributed by atoms with Gasteiger partial charge in [-0.3, -0.25) is 4.79 Å². The highest BCUT2D eigenvalue weighted by Crippen LogP contribution is 2.06. The van der Waals surface area contributed by atoms with Crippen molar-refractivity contribution in [3.05, 3.63) is 41.5 Å². The first kappa shape index (κ1) is 14.5. The van der Waals surface area contributed by atoms with E-state index in [1.165, 1.54) is 11.6 Å². The van der Waals surface area contributed by atoms with Gasteiger partial charge >= 0.3 is 0 Å². The zero-order chi connectivity index (χ0) is 13.4. The molecule has 1 amide bonds. The number of benzene rings is 1. The molecule has 0 saturated heterocycles. The fourth-order valence-corrected chi connectivity index (χ4v) is 1.46. The van der Waals surface area contributed by atoms with Gasteiger partial charge in [0, 0.05) is 12.6 Å². The van der Waals surface area contributed by atoms with Gasteiger partial charge in [0.2, 0.25) is 5.91 Å². The van der Waals surface area contributed by atoms with Crippen LogP contribution in [0.5, 0.6) is 0 Å². The average molecular weight is 247 g/mol. The minimum absolute atomic E-state index is 0.179. The van der Waals surface area contributed by atoms with Crippen LogP contribution in [0.2, 0.25) is 0 Å². The average Bonchev–Trinajstić information content (AvgIpc) is 2.42. The molecular formula is C15H21NO2. The molecule has 98 valence electrons. The predicted molar refractivity (Wildman–Crippen MR) is 74.2 cm³/mol. The number of rotatable bonds is 6. The molecule has 18 heavy (non-hydrogen) atoms. The van der Waals surface area contributed by atoms with Crippen LogP contribution in [0, 0.1) is 0 Å². The van der Waals surface area contributed by atoms with Crippen LogP contribution in [0.3, 0.4) is 0 Å². The minimum Gasteiger partial charge on any atom is -0.391 e. The molecule has 0 aliphatic heterocycles. The van der Waals surface area contributed by atoms with E-state index >= 15 is 0 Å². The lowest BCUT2D eigenvalue weighted by Gasteiger charge is -2.07. The number of hydrogen-bond donors (Lipinski definition) is 2. The molecule has 1 unspecified atom stereocenters. The third-order valence-electron chi connectivity index (χ3n) is 2.80. The number of aliphatic hydroxyl groups excluding tert-OH is 1. The lowest BCUT2D eigenvalue weighted by molar-refractivity contribution is -0.116. The molecule has 0 radical (unpaired) electrons. The van der Waals surface area contributed by atoms with Crippen LogP contribution in [0.15, 0.2) is 30.3 Å². The summed E-state index contributed by atoms with van der Waals surface area (Å²) in [6, 6.07) is 8.09. The number of hydrogen-bond acceptors (Lipinski definition) is 2. The zero-order valence-electron chi connectivity index (χ0n) is 11.0. The van der Waals surface area contributed by atoms with Crippen LogP contribution in [0.25, 0.3) is 6.08 Å². The van der Waals surface area contributed by atoms with Crippen LogP contribution in [-0.2, 0) is 11.2 Å². The van der Waals surface area contributed by atoms with Crippen molar-refractivity contribution in [2.75, 3.05) is 6.54 Å². The van der Waals surface area contributed by atoms with Crippen LogP contribution < -0.4 is 5.32 Å². The first-order valence-electron chi connectivity index (χ1n) is 6.38. The molecule has 3 nitrogen and oxygen atoms in total. The van der Waals surface area contributed by atoms with E-state index in [1.807, 2.05) is 19.1 Å². The van der Waals surface area contributed by atoms with E-state index in [4.69, 9.17) is 0 Å². The SMILES string of the molecule is CCc1ccc(/C=C/C(=O)NCC(O)CC)cc1. The van der Waals surface area contributed by atoms with Crippen LogP contribution in [0.4, 0.5) is 0 Å². The maximum atomic E-state index is 11.5. The van der Waals surface area contributed by atoms with Crippen molar-refractivity contribution in [3.63, 3.8) is 0 Å². The minimum atomic E-state index is -0.466. The smallest absolute Gasteiger partial charge is 0.244 e. The molecule has 0 aromatic heterocycles. The van der Waals surface area contributed by atoms with Crippen LogP contribution >= 0.6 is 0 Å². The van der Waals surface area contributed by atoms with Crippen molar-refractivity contribution >= 4 is 12.0 Å². The number of carbonyl (C=O) groups excluding carboxylic acids is 1. The second kappa shape index (κ2) is 7.67. The number of aliphatic hydroxyl groups is 1. The standard InChI is InChI=1S/C15H21NO2/c1-3-12-5-7-13(8-6-12)9-10-15(18)16-11-14(17)4-2/h5-10,14,17H,3-4,11H2,1-2H3,(H,16,18)/b10-9+. The van der Waals surface area contributed by atoms with Gasteiger partial charge in [0.25, 0.3) is 0 Å². The number of carbonyl (C=O) groups is 1. The van der Waals surface area contributed by atoms with Gasteiger partial charge in [-0.05, 0) is 30.0 Å². The van der Waals surface area contributed by atoms with Crippen molar-refractivity contribution in [1.82, 2.24) is 5.32 Å². The first-order chi connectivity index (χ1) is 8.65. The normalized spacial score (nSPS) is 12.6. The summed E-state index contributed by atoms with van der Waals surface area (Å²) in [5.74, 6) is -0.179. The summed E-state index contributed by atoms with van der Waals surface area (Å²) in [5, 5.41) is 12.0. The quantitative estimate of drug-likeness (QED) is 0.757. The highest BCUT2D eigenvalue weighted by molar-refractivity contribution is 5.91. The molecule has 3 heteroatoms. The van der Waals surface area contributed by atoms with E-state index in [2.05, 4.69) is 24.4 Å². The van der Waals surface area contributed by atoms with Crippen molar-refractivity contribution in [3.8, 4) is 0 Å². The largest absolute Gasteiger partial charge is 0.391 e. The Morgan fingerprint density at radius 1 is 1.33 bits per heavy atom. The van der Waals surface area contributed by atoms with Crippen LogP contribution in [-0.4, -0.2) is 23.7 Å². The molecule has 1 aromatic carbocycles. The summed E-state index contributed by atoms with van der Waals surface area (Å²) < 4.78 is 0. The summed E-state index contributed by atoms with van der Waals surface area (Å²) in [6.45, 7) is 4.29. The van der Waals surface area contributed by atoms with Crippen molar-refractivity contribution in [2.24, 2.45) is 0 Å². The molecule has 2 N–H and O–H groups in total. The predicted octanol–water partition coefficient (Wildman–Crippen LogP) is 2.15. The fraction of sp³-hybridized carbons (Fsp3) is 0.400. The van der Waals surface area contributed by atoms with E-state index in [9.17, 15) is 9.90 Å². The fourth-order valence-electron chi connectivity index (χ4n) is 1.46. The van der Waals surface area contributed by atoms with E-state index in [-0.39, 0.29) is 5.91 Å². The van der Waals surface area contributed by atoms with Crippen molar-refractivity contribution in [2.45, 2.75) is 32.8 Å². The lowest BCUT2D eigenvalue weighted by Crippen LogP contribution is -2.30. The molecule has 1 rings (SSSR count). The Hall–Kier alpha value is -1.61. The summed E-state index contributed by atoms with van der Waals surface area (Å²) in [5.41, 5.74) is 2.28. The molecule has 0 bridgehead atoms. The van der Waals surface area contributed by atoms with Gasteiger partial charge in [-0.15, -0.1) is 0 Å². The molecule has 0 fully saturated rings. The maximum absolute atomic E-state index is 11.5. The molecular weight excluding hydrogens is 226 g/mol. The highest BCUT2D eigenvalue weighted by atomic mass is 16.3. The number of amides is 1. The Labute approximate surface area is 109 Å². The molecule has 1 aromatic rings. The van der Waals surface area contributed by atoms with E-state index < -0.39 is 6.10 Å².